The molecule has 0 unspecified atom stereocenters. The van der Waals surface area contributed by atoms with Gasteiger partial charge in [0.25, 0.3) is 6.43 Å². The van der Waals surface area contributed by atoms with Crippen LogP contribution in [0, 0.1) is 29.2 Å². The molecule has 13 heteroatoms. The lowest BCUT2D eigenvalue weighted by atomic mass is 9.91. The summed E-state index contributed by atoms with van der Waals surface area (Å²) in [6.45, 7) is 2.94. The molecule has 0 aliphatic heterocycles. The van der Waals surface area contributed by atoms with Crippen molar-refractivity contribution in [1.82, 2.24) is 4.98 Å². The molecule has 1 aromatic carbocycles. The maximum absolute atomic E-state index is 13.9. The Morgan fingerprint density at radius 2 is 1.59 bits per heavy atom. The molecule has 1 aromatic heterocycles. The fourth-order valence-electron chi connectivity index (χ4n) is 2.93. The lowest BCUT2D eigenvalue weighted by molar-refractivity contribution is -0.142. The second-order valence-corrected chi connectivity index (χ2v) is 7.95. The summed E-state index contributed by atoms with van der Waals surface area (Å²) in [6, 6.07) is -0.0957. The molecule has 176 valence electrons. The van der Waals surface area contributed by atoms with Crippen LogP contribution in [0.3, 0.4) is 0 Å². The summed E-state index contributed by atoms with van der Waals surface area (Å²) in [4.78, 5) is 13.2. The van der Waals surface area contributed by atoms with Crippen molar-refractivity contribution in [2.24, 2.45) is 5.92 Å². The minimum Gasteiger partial charge on any atom is -0.478 e. The molecule has 3 nitrogen and oxygen atoms in total. The van der Waals surface area contributed by atoms with Crippen molar-refractivity contribution in [2.45, 2.75) is 43.5 Å². The Kier molecular flexibility index (Phi) is 7.74. The molecule has 0 bridgehead atoms. The zero-order chi connectivity index (χ0) is 24.5. The third-order valence-corrected chi connectivity index (χ3v) is 5.25. The number of nitrogens with zero attached hydrogens (tertiary/aromatic N) is 1. The number of aromatic carboxylic acids is 1. The molecule has 2 rings (SSSR count). The first-order valence-electron chi connectivity index (χ1n) is 8.76. The molecule has 0 amide bonds. The molecule has 1 heterocycles. The van der Waals surface area contributed by atoms with E-state index in [0.29, 0.717) is 0 Å². The summed E-state index contributed by atoms with van der Waals surface area (Å²) in [7, 11) is 0. The molecule has 0 atom stereocenters. The minimum atomic E-state index is -5.34. The number of thioether (sulfide) groups is 1. The Morgan fingerprint density at radius 3 is 2.00 bits per heavy atom. The van der Waals surface area contributed by atoms with Crippen LogP contribution in [0.25, 0.3) is 0 Å². The molecule has 2 aromatic rings. The van der Waals surface area contributed by atoms with E-state index >= 15 is 0 Å². The number of aromatic nitrogens is 1. The third-order valence-electron chi connectivity index (χ3n) is 4.17. The number of benzene rings is 1. The molecule has 0 aliphatic rings. The van der Waals surface area contributed by atoms with Gasteiger partial charge in [0.1, 0.15) is 11.4 Å². The molecule has 0 saturated carbocycles. The van der Waals surface area contributed by atoms with E-state index in [1.807, 2.05) is 0 Å². The number of hydrogen-bond donors (Lipinski definition) is 1. The van der Waals surface area contributed by atoms with Gasteiger partial charge in [-0.15, -0.1) is 11.8 Å². The number of alkyl halides is 5. The molecule has 0 saturated heterocycles. The van der Waals surface area contributed by atoms with Crippen molar-refractivity contribution in [3.63, 3.8) is 0 Å². The number of carboxylic acid groups (broad SMARTS) is 1. The molecule has 0 aliphatic carbocycles. The summed E-state index contributed by atoms with van der Waals surface area (Å²) < 4.78 is 122. The monoisotopic (exact) mass is 491 g/mol. The van der Waals surface area contributed by atoms with Crippen LogP contribution >= 0.6 is 11.8 Å². The molecular formula is C19H14F9NO2S. The first-order valence-corrected chi connectivity index (χ1v) is 9.75. The Bertz CT molecular complexity index is 1010. The second kappa shape index (κ2) is 9.59. The topological polar surface area (TPSA) is 50.2 Å². The van der Waals surface area contributed by atoms with E-state index in [2.05, 4.69) is 4.98 Å². The Balaban J connectivity index is 2.80. The van der Waals surface area contributed by atoms with Crippen LogP contribution in [0.1, 0.15) is 53.1 Å². The van der Waals surface area contributed by atoms with Crippen LogP contribution in [0.2, 0.25) is 0 Å². The highest BCUT2D eigenvalue weighted by Gasteiger charge is 2.40. The number of rotatable bonds is 7. The number of carbonyl (C=O) groups is 1. The molecule has 32 heavy (non-hydrogen) atoms. The highest BCUT2D eigenvalue weighted by Crippen LogP contribution is 2.41. The van der Waals surface area contributed by atoms with Crippen molar-refractivity contribution in [3.05, 3.63) is 57.4 Å². The second-order valence-electron chi connectivity index (χ2n) is 6.97. The summed E-state index contributed by atoms with van der Waals surface area (Å²) in [5.74, 6) is -10.9. The quantitative estimate of drug-likeness (QED) is 0.264. The fraction of sp³-hybridized carbons (Fsp3) is 0.368. The SMILES string of the molecule is CC(C)Cc1c(CSc2c(F)c(F)cc(F)c2F)c(C(F)(F)F)nc(C(F)F)c1C(=O)O. The van der Waals surface area contributed by atoms with Gasteiger partial charge in [-0.05, 0) is 23.5 Å². The summed E-state index contributed by atoms with van der Waals surface area (Å²) in [5.41, 5.74) is -6.23. The van der Waals surface area contributed by atoms with Gasteiger partial charge in [0.2, 0.25) is 0 Å². The Morgan fingerprint density at radius 1 is 1.06 bits per heavy atom. The van der Waals surface area contributed by atoms with Gasteiger partial charge in [-0.25, -0.2) is 36.1 Å². The zero-order valence-corrected chi connectivity index (χ0v) is 17.1. The predicted octanol–water partition coefficient (Wildman–Crippen LogP) is 6.78. The van der Waals surface area contributed by atoms with E-state index in [1.54, 1.807) is 0 Å². The van der Waals surface area contributed by atoms with E-state index in [0.717, 1.165) is 0 Å². The normalized spacial score (nSPS) is 12.2. The van der Waals surface area contributed by atoms with Crippen LogP contribution in [0.4, 0.5) is 39.5 Å². The van der Waals surface area contributed by atoms with Gasteiger partial charge in [-0.2, -0.15) is 13.2 Å². The van der Waals surface area contributed by atoms with Gasteiger partial charge in [-0.1, -0.05) is 13.8 Å². The maximum atomic E-state index is 13.9. The van der Waals surface area contributed by atoms with Crippen molar-refractivity contribution < 1.29 is 49.4 Å². The van der Waals surface area contributed by atoms with Crippen LogP contribution < -0.4 is 0 Å². The maximum Gasteiger partial charge on any atom is 0.433 e. The first kappa shape index (κ1) is 25.8. The smallest absolute Gasteiger partial charge is 0.433 e. The predicted molar refractivity (Wildman–Crippen MR) is 95.5 cm³/mol. The number of carboxylic acids is 1. The van der Waals surface area contributed by atoms with Crippen molar-refractivity contribution >= 4 is 17.7 Å². The van der Waals surface area contributed by atoms with Crippen molar-refractivity contribution in [2.75, 3.05) is 0 Å². The standard InChI is InChI=1S/C19H14F9NO2S/c1-6(2)3-7-8(5-32-15-12(22)9(20)4-10(21)13(15)23)16(19(26,27)28)29-14(17(24)25)11(7)18(30)31/h4,6,17H,3,5H2,1-2H3,(H,30,31). The molecule has 0 spiro atoms. The average molecular weight is 491 g/mol. The summed E-state index contributed by atoms with van der Waals surface area (Å²) >= 11 is -0.0891. The van der Waals surface area contributed by atoms with Gasteiger partial charge >= 0.3 is 12.1 Å². The fourth-order valence-corrected chi connectivity index (χ4v) is 3.98. The molecular weight excluding hydrogens is 477 g/mol. The van der Waals surface area contributed by atoms with Crippen LogP contribution in [0.15, 0.2) is 11.0 Å². The van der Waals surface area contributed by atoms with Crippen LogP contribution in [-0.4, -0.2) is 16.1 Å². The van der Waals surface area contributed by atoms with Crippen LogP contribution in [0.5, 0.6) is 0 Å². The van der Waals surface area contributed by atoms with Crippen molar-refractivity contribution in [1.29, 1.82) is 0 Å². The van der Waals surface area contributed by atoms with E-state index in [1.165, 1.54) is 13.8 Å². The van der Waals surface area contributed by atoms with Crippen LogP contribution in [-0.2, 0) is 18.3 Å². The Labute approximate surface area is 179 Å². The lowest BCUT2D eigenvalue weighted by Crippen LogP contribution is -2.21. The van der Waals surface area contributed by atoms with Gasteiger partial charge in [0, 0.05) is 11.8 Å². The third kappa shape index (κ3) is 5.30. The molecule has 1 N–H and O–H groups in total. The van der Waals surface area contributed by atoms with Gasteiger partial charge < -0.3 is 5.11 Å². The van der Waals surface area contributed by atoms with Gasteiger partial charge in [0.15, 0.2) is 23.3 Å². The van der Waals surface area contributed by atoms with E-state index in [-0.39, 0.29) is 17.8 Å². The average Bonchev–Trinajstić information content (AvgIpc) is 2.64. The first-order chi connectivity index (χ1) is 14.7. The number of hydrogen-bond acceptors (Lipinski definition) is 3. The highest BCUT2D eigenvalue weighted by molar-refractivity contribution is 7.98. The van der Waals surface area contributed by atoms with Gasteiger partial charge in [-0.3, -0.25) is 0 Å². The molecule has 0 fully saturated rings. The van der Waals surface area contributed by atoms with E-state index in [4.69, 9.17) is 0 Å². The zero-order valence-electron chi connectivity index (χ0n) is 16.3. The Hall–Kier alpha value is -2.44. The summed E-state index contributed by atoms with van der Waals surface area (Å²) in [5, 5.41) is 9.39. The largest absolute Gasteiger partial charge is 0.478 e. The van der Waals surface area contributed by atoms with E-state index < -0.39 is 92.9 Å². The highest BCUT2D eigenvalue weighted by atomic mass is 32.2. The minimum absolute atomic E-state index is 0.0891. The van der Waals surface area contributed by atoms with E-state index in [9.17, 15) is 49.4 Å². The molecule has 0 radical (unpaired) electrons. The lowest BCUT2D eigenvalue weighted by Gasteiger charge is -2.22. The van der Waals surface area contributed by atoms with Crippen molar-refractivity contribution in [3.8, 4) is 0 Å². The number of pyridine rings is 1. The number of halogens is 9. The summed E-state index contributed by atoms with van der Waals surface area (Å²) in [6.07, 6.45) is -9.43. The van der Waals surface area contributed by atoms with Gasteiger partial charge in [0.05, 0.1) is 10.5 Å².